The Balaban J connectivity index is 2.74. The molecule has 0 aliphatic carbocycles. The summed E-state index contributed by atoms with van der Waals surface area (Å²) in [6.45, 7) is 0. The molecule has 1 rings (SSSR count). The molecule has 0 saturated heterocycles. The van der Waals surface area contributed by atoms with E-state index in [-0.39, 0.29) is 5.91 Å². The van der Waals surface area contributed by atoms with Crippen molar-refractivity contribution in [1.82, 2.24) is 10.9 Å². The third kappa shape index (κ3) is 2.75. The number of hydrogen-bond acceptors (Lipinski definition) is 3. The van der Waals surface area contributed by atoms with Crippen LogP contribution < -0.4 is 10.9 Å². The summed E-state index contributed by atoms with van der Waals surface area (Å²) in [5, 5.41) is 0. The van der Waals surface area contributed by atoms with Gasteiger partial charge in [0.15, 0.2) is 0 Å². The van der Waals surface area contributed by atoms with Crippen LogP contribution in [0.25, 0.3) is 0 Å². The fraction of sp³-hybridized carbons (Fsp3) is 0.222. The third-order valence-electron chi connectivity index (χ3n) is 1.59. The monoisotopic (exact) mass is 196 g/mol. The Morgan fingerprint density at radius 1 is 1.31 bits per heavy atom. The van der Waals surface area contributed by atoms with Crippen molar-refractivity contribution in [2.75, 3.05) is 13.3 Å². The van der Waals surface area contributed by atoms with Gasteiger partial charge in [-0.05, 0) is 30.5 Å². The molecule has 0 aromatic heterocycles. The van der Waals surface area contributed by atoms with Gasteiger partial charge in [0, 0.05) is 17.5 Å². The van der Waals surface area contributed by atoms with Gasteiger partial charge in [0.2, 0.25) is 0 Å². The zero-order valence-corrected chi connectivity index (χ0v) is 8.44. The summed E-state index contributed by atoms with van der Waals surface area (Å²) in [4.78, 5) is 12.4. The third-order valence-corrected chi connectivity index (χ3v) is 2.33. The highest BCUT2D eigenvalue weighted by Crippen LogP contribution is 2.14. The molecule has 1 aromatic carbocycles. The molecular weight excluding hydrogens is 184 g/mol. The summed E-state index contributed by atoms with van der Waals surface area (Å²) >= 11 is 1.66. The van der Waals surface area contributed by atoms with Gasteiger partial charge in [-0.3, -0.25) is 10.2 Å². The van der Waals surface area contributed by atoms with Gasteiger partial charge in [-0.25, -0.2) is 5.43 Å². The zero-order valence-electron chi connectivity index (χ0n) is 7.63. The van der Waals surface area contributed by atoms with Crippen LogP contribution in [0.2, 0.25) is 0 Å². The second kappa shape index (κ2) is 4.89. The summed E-state index contributed by atoms with van der Waals surface area (Å²) in [5.74, 6) is -0.116. The summed E-state index contributed by atoms with van der Waals surface area (Å²) in [6, 6.07) is 7.46. The molecule has 2 N–H and O–H groups in total. The van der Waals surface area contributed by atoms with Crippen molar-refractivity contribution in [3.05, 3.63) is 29.8 Å². The number of amides is 1. The van der Waals surface area contributed by atoms with Crippen LogP contribution in [0.4, 0.5) is 0 Å². The van der Waals surface area contributed by atoms with Crippen LogP contribution >= 0.6 is 11.8 Å². The van der Waals surface area contributed by atoms with Crippen molar-refractivity contribution in [2.24, 2.45) is 0 Å². The molecule has 0 spiro atoms. The minimum Gasteiger partial charge on any atom is -0.288 e. The van der Waals surface area contributed by atoms with Crippen LogP contribution in [0.1, 0.15) is 10.4 Å². The van der Waals surface area contributed by atoms with Crippen LogP contribution in [-0.2, 0) is 0 Å². The highest BCUT2D eigenvalue weighted by Gasteiger charge is 2.02. The first-order valence-corrected chi connectivity index (χ1v) is 5.11. The Morgan fingerprint density at radius 2 is 1.92 bits per heavy atom. The molecule has 0 aliphatic heterocycles. The lowest BCUT2D eigenvalue weighted by Gasteiger charge is -2.02. The van der Waals surface area contributed by atoms with Gasteiger partial charge >= 0.3 is 0 Å². The van der Waals surface area contributed by atoms with Crippen molar-refractivity contribution in [1.29, 1.82) is 0 Å². The lowest BCUT2D eigenvalue weighted by molar-refractivity contribution is 0.0938. The van der Waals surface area contributed by atoms with Gasteiger partial charge in [0.25, 0.3) is 5.91 Å². The van der Waals surface area contributed by atoms with E-state index in [4.69, 9.17) is 0 Å². The highest BCUT2D eigenvalue weighted by atomic mass is 32.2. The van der Waals surface area contributed by atoms with E-state index in [0.29, 0.717) is 5.56 Å². The molecular formula is C9H12N2OS. The number of rotatable bonds is 3. The lowest BCUT2D eigenvalue weighted by Crippen LogP contribution is -2.33. The van der Waals surface area contributed by atoms with Crippen LogP contribution in [0.3, 0.4) is 0 Å². The summed E-state index contributed by atoms with van der Waals surface area (Å²) in [5.41, 5.74) is 5.75. The first-order valence-electron chi connectivity index (χ1n) is 3.89. The van der Waals surface area contributed by atoms with Crippen molar-refractivity contribution in [3.8, 4) is 0 Å². The molecule has 0 atom stereocenters. The lowest BCUT2D eigenvalue weighted by atomic mass is 10.2. The van der Waals surface area contributed by atoms with Gasteiger partial charge in [-0.15, -0.1) is 11.8 Å². The van der Waals surface area contributed by atoms with Crippen LogP contribution in [0.5, 0.6) is 0 Å². The number of carbonyl (C=O) groups is 1. The van der Waals surface area contributed by atoms with Crippen LogP contribution in [-0.4, -0.2) is 19.2 Å². The Bertz CT molecular complexity index is 284. The predicted octanol–water partition coefficient (Wildman–Crippen LogP) is 1.27. The van der Waals surface area contributed by atoms with E-state index < -0.39 is 0 Å². The normalized spacial score (nSPS) is 9.69. The first-order chi connectivity index (χ1) is 6.27. The fourth-order valence-electron chi connectivity index (χ4n) is 0.928. The van der Waals surface area contributed by atoms with Crippen molar-refractivity contribution < 1.29 is 4.79 Å². The molecule has 13 heavy (non-hydrogen) atoms. The number of nitrogens with one attached hydrogen (secondary N) is 2. The molecule has 0 fully saturated rings. The summed E-state index contributed by atoms with van der Waals surface area (Å²) in [7, 11) is 1.66. The average Bonchev–Trinajstić information content (AvgIpc) is 2.18. The smallest absolute Gasteiger partial charge is 0.265 e. The van der Waals surface area contributed by atoms with E-state index in [2.05, 4.69) is 10.9 Å². The molecule has 3 nitrogen and oxygen atoms in total. The van der Waals surface area contributed by atoms with E-state index in [1.165, 1.54) is 0 Å². The minimum atomic E-state index is -0.116. The highest BCUT2D eigenvalue weighted by molar-refractivity contribution is 7.98. The van der Waals surface area contributed by atoms with Crippen LogP contribution in [0.15, 0.2) is 29.2 Å². The molecule has 1 aromatic rings. The Labute approximate surface area is 81.9 Å². The van der Waals surface area contributed by atoms with Gasteiger partial charge in [0.1, 0.15) is 0 Å². The second-order valence-electron chi connectivity index (χ2n) is 2.43. The van der Waals surface area contributed by atoms with E-state index in [1.54, 1.807) is 30.9 Å². The summed E-state index contributed by atoms with van der Waals surface area (Å²) < 4.78 is 0. The molecule has 0 bridgehead atoms. The standard InChI is InChI=1S/C9H12N2OS/c1-10-11-9(12)7-3-5-8(13-2)6-4-7/h3-6,10H,1-2H3,(H,11,12). The van der Waals surface area contributed by atoms with Crippen LogP contribution in [0, 0.1) is 0 Å². The van der Waals surface area contributed by atoms with E-state index >= 15 is 0 Å². The maximum atomic E-state index is 11.3. The van der Waals surface area contributed by atoms with Crippen molar-refractivity contribution in [3.63, 3.8) is 0 Å². The van der Waals surface area contributed by atoms with Gasteiger partial charge in [0.05, 0.1) is 0 Å². The second-order valence-corrected chi connectivity index (χ2v) is 3.31. The Kier molecular flexibility index (Phi) is 3.79. The maximum absolute atomic E-state index is 11.3. The first kappa shape index (κ1) is 10.1. The Hall–Kier alpha value is -1.00. The van der Waals surface area contributed by atoms with Crippen molar-refractivity contribution in [2.45, 2.75) is 4.90 Å². The summed E-state index contributed by atoms with van der Waals surface area (Å²) in [6.07, 6.45) is 2.00. The topological polar surface area (TPSA) is 41.1 Å². The average molecular weight is 196 g/mol. The minimum absolute atomic E-state index is 0.116. The Morgan fingerprint density at radius 3 is 2.38 bits per heavy atom. The van der Waals surface area contributed by atoms with E-state index in [1.807, 2.05) is 18.4 Å². The number of hydrogen-bond donors (Lipinski definition) is 2. The molecule has 0 aliphatic rings. The molecule has 1 amide bonds. The van der Waals surface area contributed by atoms with E-state index in [9.17, 15) is 4.79 Å². The number of benzene rings is 1. The molecule has 0 unspecified atom stereocenters. The van der Waals surface area contributed by atoms with Gasteiger partial charge in [-0.2, -0.15) is 0 Å². The maximum Gasteiger partial charge on any atom is 0.265 e. The van der Waals surface area contributed by atoms with E-state index in [0.717, 1.165) is 4.90 Å². The predicted molar refractivity (Wildman–Crippen MR) is 54.7 cm³/mol. The number of thioether (sulfide) groups is 1. The quantitative estimate of drug-likeness (QED) is 0.565. The number of carbonyl (C=O) groups excluding carboxylic acids is 1. The van der Waals surface area contributed by atoms with Gasteiger partial charge in [-0.1, -0.05) is 0 Å². The molecule has 0 heterocycles. The zero-order chi connectivity index (χ0) is 9.68. The molecule has 4 heteroatoms. The molecule has 0 radical (unpaired) electrons. The number of hydrazine groups is 1. The SMILES string of the molecule is CNNC(=O)c1ccc(SC)cc1. The largest absolute Gasteiger partial charge is 0.288 e. The van der Waals surface area contributed by atoms with Crippen molar-refractivity contribution >= 4 is 17.7 Å². The molecule has 0 saturated carbocycles. The fourth-order valence-corrected chi connectivity index (χ4v) is 1.34. The molecule has 70 valence electrons. The van der Waals surface area contributed by atoms with Gasteiger partial charge < -0.3 is 0 Å².